The number of methoxy groups -OCH3 is 1. The number of hydrogen-bond acceptors (Lipinski definition) is 3. The molecule has 0 fully saturated rings. The second-order valence-electron chi connectivity index (χ2n) is 4.14. The average Bonchev–Trinajstić information content (AvgIpc) is 2.55. The Morgan fingerprint density at radius 1 is 1.27 bits per heavy atom. The van der Waals surface area contributed by atoms with Gasteiger partial charge in [-0.05, 0) is 19.4 Å². The highest BCUT2D eigenvalue weighted by molar-refractivity contribution is 5.70. The molecule has 1 aromatic rings. The quantitative estimate of drug-likeness (QED) is 0.705. The molecule has 0 N–H and O–H groups in total. The van der Waals surface area contributed by atoms with E-state index in [0.29, 0.717) is 6.08 Å². The van der Waals surface area contributed by atoms with E-state index in [0.717, 1.165) is 5.56 Å². The molecule has 0 saturated heterocycles. The van der Waals surface area contributed by atoms with Gasteiger partial charge < -0.3 is 9.47 Å². The lowest BCUT2D eigenvalue weighted by atomic mass is 9.93. The molecule has 0 bridgehead atoms. The van der Waals surface area contributed by atoms with E-state index in [1.165, 1.54) is 0 Å². The Hall–Kier alpha value is -1.51. The fraction of sp³-hybridized carbons (Fsp3) is 0.417. The predicted molar refractivity (Wildman–Crippen MR) is 58.8 cm³/mol. The molecule has 3 nitrogen and oxygen atoms in total. The van der Waals surface area contributed by atoms with Gasteiger partial charge in [-0.1, -0.05) is 30.3 Å². The monoisotopic (exact) mass is 205 g/mol. The lowest BCUT2D eigenvalue weighted by Crippen LogP contribution is -2.23. The topological polar surface area (TPSA) is 30.8 Å². The number of benzene rings is 1. The maximum atomic E-state index is 5.64. The van der Waals surface area contributed by atoms with E-state index >= 15 is 0 Å². The zero-order valence-electron chi connectivity index (χ0n) is 9.23. The van der Waals surface area contributed by atoms with Crippen LogP contribution in [0.4, 0.5) is 0 Å². The van der Waals surface area contributed by atoms with Crippen molar-refractivity contribution >= 4 is 6.08 Å². The van der Waals surface area contributed by atoms with E-state index in [1.807, 2.05) is 44.2 Å². The molecule has 0 aliphatic carbocycles. The van der Waals surface area contributed by atoms with Gasteiger partial charge in [0.15, 0.2) is 6.10 Å². The van der Waals surface area contributed by atoms with E-state index in [4.69, 9.17) is 9.47 Å². The van der Waals surface area contributed by atoms with Gasteiger partial charge >= 0.3 is 6.08 Å². The van der Waals surface area contributed by atoms with Crippen LogP contribution in [-0.2, 0) is 9.47 Å². The molecule has 1 aliphatic heterocycles. The minimum Gasteiger partial charge on any atom is -0.454 e. The van der Waals surface area contributed by atoms with Crippen LogP contribution in [0.1, 0.15) is 25.5 Å². The summed E-state index contributed by atoms with van der Waals surface area (Å²) in [5.74, 6) is 0. The second-order valence-corrected chi connectivity index (χ2v) is 4.14. The Labute approximate surface area is 89.7 Å². The third-order valence-corrected chi connectivity index (χ3v) is 2.52. The van der Waals surface area contributed by atoms with E-state index < -0.39 is 0 Å². The van der Waals surface area contributed by atoms with Crippen LogP contribution in [0.3, 0.4) is 0 Å². The van der Waals surface area contributed by atoms with E-state index in [1.54, 1.807) is 7.11 Å². The van der Waals surface area contributed by atoms with Crippen molar-refractivity contribution in [3.05, 3.63) is 35.9 Å². The first-order valence-electron chi connectivity index (χ1n) is 4.99. The Morgan fingerprint density at radius 2 is 1.93 bits per heavy atom. The predicted octanol–water partition coefficient (Wildman–Crippen LogP) is 2.54. The molecule has 0 saturated carbocycles. The molecule has 3 heteroatoms. The third-order valence-electron chi connectivity index (χ3n) is 2.52. The highest BCUT2D eigenvalue weighted by Crippen LogP contribution is 2.37. The standard InChI is InChI=1S/C12H15NO2/c1-12(2)10(15-11(13-12)14-3)9-7-5-4-6-8-9/h4-8,10H,1-3H3. The van der Waals surface area contributed by atoms with Gasteiger partial charge in [-0.25, -0.2) is 4.99 Å². The maximum absolute atomic E-state index is 5.64. The highest BCUT2D eigenvalue weighted by atomic mass is 16.7. The third kappa shape index (κ3) is 1.82. The molecule has 1 unspecified atom stereocenters. The summed E-state index contributed by atoms with van der Waals surface area (Å²) in [4.78, 5) is 4.37. The number of nitrogens with zero attached hydrogens (tertiary/aromatic N) is 1. The zero-order valence-corrected chi connectivity index (χ0v) is 9.23. The van der Waals surface area contributed by atoms with E-state index in [-0.39, 0.29) is 11.6 Å². The molecule has 2 rings (SSSR count). The van der Waals surface area contributed by atoms with Gasteiger partial charge in [-0.2, -0.15) is 0 Å². The smallest absolute Gasteiger partial charge is 0.384 e. The minimum absolute atomic E-state index is 0.0614. The van der Waals surface area contributed by atoms with Crippen molar-refractivity contribution in [2.75, 3.05) is 7.11 Å². The molecule has 0 aromatic heterocycles. The number of ether oxygens (including phenoxy) is 2. The molecule has 1 atom stereocenters. The van der Waals surface area contributed by atoms with Gasteiger partial charge in [0.2, 0.25) is 0 Å². The van der Waals surface area contributed by atoms with Crippen molar-refractivity contribution in [2.45, 2.75) is 25.5 Å². The maximum Gasteiger partial charge on any atom is 0.384 e. The molecule has 0 radical (unpaired) electrons. The lowest BCUT2D eigenvalue weighted by molar-refractivity contribution is 0.118. The fourth-order valence-electron chi connectivity index (χ4n) is 1.76. The molecule has 15 heavy (non-hydrogen) atoms. The van der Waals surface area contributed by atoms with Gasteiger partial charge in [0, 0.05) is 0 Å². The largest absolute Gasteiger partial charge is 0.454 e. The molecular weight excluding hydrogens is 190 g/mol. The Bertz CT molecular complexity index is 370. The summed E-state index contributed by atoms with van der Waals surface area (Å²) in [7, 11) is 1.57. The van der Waals surface area contributed by atoms with Crippen LogP contribution in [0.2, 0.25) is 0 Å². The average molecular weight is 205 g/mol. The van der Waals surface area contributed by atoms with Gasteiger partial charge in [0.25, 0.3) is 0 Å². The molecule has 0 amide bonds. The highest BCUT2D eigenvalue weighted by Gasteiger charge is 2.39. The Morgan fingerprint density at radius 3 is 2.47 bits per heavy atom. The number of aliphatic imine (C=N–C) groups is 1. The van der Waals surface area contributed by atoms with Crippen LogP contribution >= 0.6 is 0 Å². The SMILES string of the molecule is COC1=NC(C)(C)C(c2ccccc2)O1. The Balaban J connectivity index is 2.27. The lowest BCUT2D eigenvalue weighted by Gasteiger charge is -2.22. The summed E-state index contributed by atoms with van der Waals surface area (Å²) in [6.45, 7) is 4.08. The van der Waals surface area contributed by atoms with Crippen molar-refractivity contribution in [2.24, 2.45) is 4.99 Å². The van der Waals surface area contributed by atoms with Crippen LogP contribution in [0.25, 0.3) is 0 Å². The first-order chi connectivity index (χ1) is 7.13. The van der Waals surface area contributed by atoms with Crippen LogP contribution in [0.5, 0.6) is 0 Å². The van der Waals surface area contributed by atoms with Crippen molar-refractivity contribution < 1.29 is 9.47 Å². The van der Waals surface area contributed by atoms with E-state index in [9.17, 15) is 0 Å². The van der Waals surface area contributed by atoms with E-state index in [2.05, 4.69) is 4.99 Å². The van der Waals surface area contributed by atoms with Gasteiger partial charge in [-0.3, -0.25) is 0 Å². The summed E-state index contributed by atoms with van der Waals surface area (Å²) in [5, 5.41) is 0. The summed E-state index contributed by atoms with van der Waals surface area (Å²) in [6, 6.07) is 10.1. The summed E-state index contributed by atoms with van der Waals surface area (Å²) in [5.41, 5.74) is 0.852. The molecule has 0 spiro atoms. The zero-order chi connectivity index (χ0) is 10.9. The van der Waals surface area contributed by atoms with Gasteiger partial charge in [-0.15, -0.1) is 0 Å². The first-order valence-corrected chi connectivity index (χ1v) is 4.99. The fourth-order valence-corrected chi connectivity index (χ4v) is 1.76. The second kappa shape index (κ2) is 3.57. The molecule has 1 aromatic carbocycles. The van der Waals surface area contributed by atoms with Crippen LogP contribution in [-0.4, -0.2) is 18.7 Å². The Kier molecular flexibility index (Phi) is 2.39. The number of hydrogen-bond donors (Lipinski definition) is 0. The van der Waals surface area contributed by atoms with Gasteiger partial charge in [0.1, 0.15) is 5.54 Å². The van der Waals surface area contributed by atoms with Crippen LogP contribution in [0, 0.1) is 0 Å². The van der Waals surface area contributed by atoms with Gasteiger partial charge in [0.05, 0.1) is 7.11 Å². The summed E-state index contributed by atoms with van der Waals surface area (Å²) in [6.07, 6.45) is 0.308. The minimum atomic E-state index is -0.271. The van der Waals surface area contributed by atoms with Crippen molar-refractivity contribution in [1.29, 1.82) is 0 Å². The van der Waals surface area contributed by atoms with Crippen LogP contribution < -0.4 is 0 Å². The van der Waals surface area contributed by atoms with Crippen molar-refractivity contribution in [1.82, 2.24) is 0 Å². The summed E-state index contributed by atoms with van der Waals surface area (Å²) >= 11 is 0. The molecule has 1 aliphatic rings. The number of rotatable bonds is 1. The van der Waals surface area contributed by atoms with Crippen molar-refractivity contribution in [3.63, 3.8) is 0 Å². The normalized spacial score (nSPS) is 23.1. The van der Waals surface area contributed by atoms with Crippen molar-refractivity contribution in [3.8, 4) is 0 Å². The molecular formula is C12H15NO2. The molecule has 1 heterocycles. The summed E-state index contributed by atoms with van der Waals surface area (Å²) < 4.78 is 10.7. The molecule has 80 valence electrons. The van der Waals surface area contributed by atoms with Crippen LogP contribution in [0.15, 0.2) is 35.3 Å². The first kappa shape index (κ1) is 10.0.